The molecule has 0 radical (unpaired) electrons. The monoisotopic (exact) mass is 299 g/mol. The lowest BCUT2D eigenvalue weighted by molar-refractivity contribution is 0.0936. The highest BCUT2D eigenvalue weighted by Gasteiger charge is 2.26. The van der Waals surface area contributed by atoms with Crippen LogP contribution in [-0.4, -0.2) is 43.4 Å². The molecule has 1 aliphatic rings. The molecule has 2 rings (SSSR count). The zero-order valence-corrected chi connectivity index (χ0v) is 11.9. The summed E-state index contributed by atoms with van der Waals surface area (Å²) in [4.78, 5) is 12.3. The van der Waals surface area contributed by atoms with E-state index in [1.54, 1.807) is 0 Å². The standard InChI is InChI=1S/C13H18ClN3O3/c1-20-12-4-11(15)10(14)3-9(12)13(19)17-7-2-8(6-18)16-5-7/h3-4,7-8,16,18H,2,5-6,15H2,1H3,(H,17,19). The summed E-state index contributed by atoms with van der Waals surface area (Å²) in [5.74, 6) is 0.114. The molecule has 1 aliphatic heterocycles. The van der Waals surface area contributed by atoms with Crippen molar-refractivity contribution in [2.45, 2.75) is 18.5 Å². The van der Waals surface area contributed by atoms with E-state index in [9.17, 15) is 4.79 Å². The molecule has 0 spiro atoms. The summed E-state index contributed by atoms with van der Waals surface area (Å²) in [6, 6.07) is 3.02. The molecule has 1 aromatic rings. The van der Waals surface area contributed by atoms with Crippen LogP contribution in [0.3, 0.4) is 0 Å². The lowest BCUT2D eigenvalue weighted by Gasteiger charge is -2.14. The first-order valence-corrected chi connectivity index (χ1v) is 6.71. The van der Waals surface area contributed by atoms with Crippen LogP contribution in [0.2, 0.25) is 5.02 Å². The molecule has 0 aliphatic carbocycles. The number of amides is 1. The van der Waals surface area contributed by atoms with Crippen molar-refractivity contribution in [1.82, 2.24) is 10.6 Å². The summed E-state index contributed by atoms with van der Waals surface area (Å²) in [5.41, 5.74) is 6.39. The second kappa shape index (κ2) is 6.30. The summed E-state index contributed by atoms with van der Waals surface area (Å²) < 4.78 is 5.15. The number of nitrogens with two attached hydrogens (primary N) is 1. The molecule has 1 aromatic carbocycles. The van der Waals surface area contributed by atoms with Crippen LogP contribution < -0.4 is 21.1 Å². The summed E-state index contributed by atoms with van der Waals surface area (Å²) >= 11 is 5.94. The Morgan fingerprint density at radius 1 is 1.65 bits per heavy atom. The minimum Gasteiger partial charge on any atom is -0.496 e. The van der Waals surface area contributed by atoms with Gasteiger partial charge in [0.1, 0.15) is 5.75 Å². The highest BCUT2D eigenvalue weighted by Crippen LogP contribution is 2.28. The quantitative estimate of drug-likeness (QED) is 0.603. The van der Waals surface area contributed by atoms with Crippen LogP contribution in [0.15, 0.2) is 12.1 Å². The molecule has 110 valence electrons. The summed E-state index contributed by atoms with van der Waals surface area (Å²) in [6.07, 6.45) is 0.688. The van der Waals surface area contributed by atoms with Gasteiger partial charge in [0.2, 0.25) is 0 Å². The highest BCUT2D eigenvalue weighted by molar-refractivity contribution is 6.33. The van der Waals surface area contributed by atoms with Crippen LogP contribution in [0.4, 0.5) is 5.69 Å². The predicted molar refractivity (Wildman–Crippen MR) is 77.2 cm³/mol. The first-order chi connectivity index (χ1) is 9.55. The molecule has 1 fully saturated rings. The smallest absolute Gasteiger partial charge is 0.255 e. The van der Waals surface area contributed by atoms with Crippen molar-refractivity contribution in [3.8, 4) is 5.75 Å². The van der Waals surface area contributed by atoms with Crippen LogP contribution in [0.5, 0.6) is 5.75 Å². The molecule has 7 heteroatoms. The number of hydrogen-bond donors (Lipinski definition) is 4. The number of methoxy groups -OCH3 is 1. The van der Waals surface area contributed by atoms with Gasteiger partial charge in [-0.15, -0.1) is 0 Å². The normalized spacial score (nSPS) is 21.8. The molecule has 6 nitrogen and oxygen atoms in total. The van der Waals surface area contributed by atoms with E-state index in [-0.39, 0.29) is 24.6 Å². The Kier molecular flexibility index (Phi) is 4.69. The number of nitrogen functional groups attached to an aromatic ring is 1. The maximum absolute atomic E-state index is 12.3. The maximum atomic E-state index is 12.3. The Morgan fingerprint density at radius 2 is 2.40 bits per heavy atom. The lowest BCUT2D eigenvalue weighted by Crippen LogP contribution is -2.36. The van der Waals surface area contributed by atoms with Crippen molar-refractivity contribution >= 4 is 23.2 Å². The van der Waals surface area contributed by atoms with E-state index in [1.165, 1.54) is 19.2 Å². The number of benzene rings is 1. The van der Waals surface area contributed by atoms with Crippen LogP contribution >= 0.6 is 11.6 Å². The molecule has 5 N–H and O–H groups in total. The van der Waals surface area contributed by atoms with Crippen LogP contribution in [0.25, 0.3) is 0 Å². The van der Waals surface area contributed by atoms with E-state index in [4.69, 9.17) is 27.2 Å². The number of carbonyl (C=O) groups is 1. The van der Waals surface area contributed by atoms with Gasteiger partial charge in [0.15, 0.2) is 0 Å². The second-order valence-electron chi connectivity index (χ2n) is 4.77. The first kappa shape index (κ1) is 14.9. The van der Waals surface area contributed by atoms with Crippen molar-refractivity contribution in [1.29, 1.82) is 0 Å². The third kappa shape index (κ3) is 3.15. The van der Waals surface area contributed by atoms with Gasteiger partial charge in [-0.25, -0.2) is 0 Å². The lowest BCUT2D eigenvalue weighted by atomic mass is 10.1. The van der Waals surface area contributed by atoms with E-state index in [0.717, 1.165) is 0 Å². The molecule has 1 heterocycles. The number of hydrogen-bond acceptors (Lipinski definition) is 5. The van der Waals surface area contributed by atoms with Crippen molar-refractivity contribution in [3.63, 3.8) is 0 Å². The van der Waals surface area contributed by atoms with Gasteiger partial charge in [0.25, 0.3) is 5.91 Å². The van der Waals surface area contributed by atoms with Gasteiger partial charge in [-0.05, 0) is 12.5 Å². The summed E-state index contributed by atoms with van der Waals surface area (Å²) in [5, 5.41) is 15.4. The fraction of sp³-hybridized carbons (Fsp3) is 0.462. The van der Waals surface area contributed by atoms with E-state index >= 15 is 0 Å². The maximum Gasteiger partial charge on any atom is 0.255 e. The van der Waals surface area contributed by atoms with Gasteiger partial charge in [-0.2, -0.15) is 0 Å². The predicted octanol–water partition coefficient (Wildman–Crippen LogP) is 0.383. The third-order valence-electron chi connectivity index (χ3n) is 3.34. The fourth-order valence-corrected chi connectivity index (χ4v) is 2.41. The van der Waals surface area contributed by atoms with Gasteiger partial charge in [0, 0.05) is 24.7 Å². The van der Waals surface area contributed by atoms with Gasteiger partial charge in [0.05, 0.1) is 30.0 Å². The number of rotatable bonds is 4. The van der Waals surface area contributed by atoms with E-state index in [2.05, 4.69) is 10.6 Å². The number of anilines is 1. The Hall–Kier alpha value is -1.50. The van der Waals surface area contributed by atoms with Crippen LogP contribution in [-0.2, 0) is 0 Å². The van der Waals surface area contributed by atoms with Crippen LogP contribution in [0, 0.1) is 0 Å². The topological polar surface area (TPSA) is 96.6 Å². The van der Waals surface area contributed by atoms with Crippen molar-refractivity contribution < 1.29 is 14.6 Å². The number of aliphatic hydroxyl groups is 1. The fourth-order valence-electron chi connectivity index (χ4n) is 2.25. The number of nitrogens with one attached hydrogen (secondary N) is 2. The summed E-state index contributed by atoms with van der Waals surface area (Å²) in [7, 11) is 1.47. The van der Waals surface area contributed by atoms with Crippen LogP contribution in [0.1, 0.15) is 16.8 Å². The minimum atomic E-state index is -0.269. The Labute approximate surface area is 122 Å². The number of aliphatic hydroxyl groups excluding tert-OH is 1. The van der Waals surface area contributed by atoms with Gasteiger partial charge >= 0.3 is 0 Å². The van der Waals surface area contributed by atoms with Gasteiger partial charge in [-0.3, -0.25) is 4.79 Å². The van der Waals surface area contributed by atoms with E-state index in [1.807, 2.05) is 0 Å². The van der Waals surface area contributed by atoms with Gasteiger partial charge in [-0.1, -0.05) is 11.6 Å². The number of carbonyl (C=O) groups excluding carboxylic acids is 1. The third-order valence-corrected chi connectivity index (χ3v) is 3.67. The zero-order chi connectivity index (χ0) is 14.7. The van der Waals surface area contributed by atoms with E-state index < -0.39 is 0 Å². The van der Waals surface area contributed by atoms with Crippen molar-refractivity contribution in [3.05, 3.63) is 22.7 Å². The van der Waals surface area contributed by atoms with Crippen molar-refractivity contribution in [2.75, 3.05) is 26.0 Å². The molecular formula is C13H18ClN3O3. The Morgan fingerprint density at radius 3 is 3.00 bits per heavy atom. The molecule has 20 heavy (non-hydrogen) atoms. The SMILES string of the molecule is COc1cc(N)c(Cl)cc1C(=O)NC1CNC(CO)C1. The number of ether oxygens (including phenoxy) is 1. The average molecular weight is 300 g/mol. The average Bonchev–Trinajstić information content (AvgIpc) is 2.88. The minimum absolute atomic E-state index is 0.0252. The molecule has 2 unspecified atom stereocenters. The molecule has 0 aromatic heterocycles. The number of halogens is 1. The van der Waals surface area contributed by atoms with E-state index in [0.29, 0.717) is 35.0 Å². The molecule has 0 saturated carbocycles. The van der Waals surface area contributed by atoms with Gasteiger partial charge < -0.3 is 26.2 Å². The largest absolute Gasteiger partial charge is 0.496 e. The first-order valence-electron chi connectivity index (χ1n) is 6.33. The second-order valence-corrected chi connectivity index (χ2v) is 5.18. The molecular weight excluding hydrogens is 282 g/mol. The molecule has 1 amide bonds. The Bertz CT molecular complexity index is 510. The van der Waals surface area contributed by atoms with Crippen molar-refractivity contribution in [2.24, 2.45) is 0 Å². The molecule has 1 saturated heterocycles. The molecule has 2 atom stereocenters. The summed E-state index contributed by atoms with van der Waals surface area (Å²) in [6.45, 7) is 0.686. The zero-order valence-electron chi connectivity index (χ0n) is 11.1. The molecule has 0 bridgehead atoms. The highest BCUT2D eigenvalue weighted by atomic mass is 35.5. The Balaban J connectivity index is 2.11.